The Kier molecular flexibility index (Phi) is 6.50. The summed E-state index contributed by atoms with van der Waals surface area (Å²) in [6.07, 6.45) is 1.60. The highest BCUT2D eigenvalue weighted by Crippen LogP contribution is 2.24. The molecule has 2 aromatic carbocycles. The summed E-state index contributed by atoms with van der Waals surface area (Å²) in [6, 6.07) is 13.8. The van der Waals surface area contributed by atoms with Crippen LogP contribution in [0.5, 0.6) is 11.5 Å². The van der Waals surface area contributed by atoms with Crippen LogP contribution in [-0.2, 0) is 13.1 Å². The Morgan fingerprint density at radius 2 is 1.76 bits per heavy atom. The average Bonchev–Trinajstić information content (AvgIpc) is 3.29. The number of aromatic nitrogens is 4. The molecule has 1 amide bonds. The lowest BCUT2D eigenvalue weighted by Crippen LogP contribution is -2.23. The molecule has 9 nitrogen and oxygen atoms in total. The summed E-state index contributed by atoms with van der Waals surface area (Å²) in [5.41, 5.74) is 1.93. The highest BCUT2D eigenvalue weighted by atomic mass is 35.5. The zero-order valence-electron chi connectivity index (χ0n) is 17.9. The van der Waals surface area contributed by atoms with E-state index in [1.165, 1.54) is 4.68 Å². The minimum absolute atomic E-state index is 0.0233. The number of carbonyl (C=O) groups excluding carboxylic acids is 2. The molecule has 0 radical (unpaired) electrons. The molecule has 0 spiro atoms. The first kappa shape index (κ1) is 22.2. The highest BCUT2D eigenvalue weighted by molar-refractivity contribution is 6.33. The topological polar surface area (TPSA) is 108 Å². The number of hydrogen-bond donors (Lipinski definition) is 1. The van der Waals surface area contributed by atoms with Crippen LogP contribution in [0.1, 0.15) is 26.4 Å². The van der Waals surface area contributed by atoms with E-state index in [9.17, 15) is 9.59 Å². The van der Waals surface area contributed by atoms with Gasteiger partial charge in [0.2, 0.25) is 0 Å². The van der Waals surface area contributed by atoms with Crippen LogP contribution < -0.4 is 14.8 Å². The zero-order chi connectivity index (χ0) is 23.4. The first-order valence-electron chi connectivity index (χ1n) is 9.95. The van der Waals surface area contributed by atoms with E-state index in [1.54, 1.807) is 68.9 Å². The summed E-state index contributed by atoms with van der Waals surface area (Å²) in [7, 11) is 3.13. The Balaban J connectivity index is 1.40. The molecule has 0 saturated heterocycles. The maximum atomic E-state index is 12.7. The molecule has 0 aliphatic heterocycles. The number of methoxy groups -OCH3 is 2. The van der Waals surface area contributed by atoms with Gasteiger partial charge in [0.1, 0.15) is 28.9 Å². The molecular formula is C23H20ClN5O4. The molecule has 0 saturated carbocycles. The summed E-state index contributed by atoms with van der Waals surface area (Å²) in [5.74, 6) is 0.800. The number of amides is 1. The normalized spacial score (nSPS) is 10.8. The monoisotopic (exact) mass is 465 g/mol. The third kappa shape index (κ3) is 5.09. The molecule has 0 aliphatic rings. The molecule has 1 N–H and O–H groups in total. The minimum Gasteiger partial charge on any atom is -0.497 e. The molecule has 0 aliphatic carbocycles. The van der Waals surface area contributed by atoms with Crippen molar-refractivity contribution < 1.29 is 19.1 Å². The predicted octanol–water partition coefficient (Wildman–Crippen LogP) is 3.31. The molecule has 4 aromatic rings. The fourth-order valence-corrected chi connectivity index (χ4v) is 3.43. The minimum atomic E-state index is -0.402. The third-order valence-corrected chi connectivity index (χ3v) is 5.24. The van der Waals surface area contributed by atoms with Gasteiger partial charge in [-0.2, -0.15) is 0 Å². The second-order valence-corrected chi connectivity index (χ2v) is 7.49. The van der Waals surface area contributed by atoms with Gasteiger partial charge in [-0.25, -0.2) is 9.67 Å². The second-order valence-electron chi connectivity index (χ2n) is 7.13. The van der Waals surface area contributed by atoms with Gasteiger partial charge in [-0.05, 0) is 48.5 Å². The van der Waals surface area contributed by atoms with Gasteiger partial charge >= 0.3 is 0 Å². The number of Topliss-reactive ketones (excluding diaryl/α,β-unsaturated/α-hetero) is 1. The zero-order valence-corrected chi connectivity index (χ0v) is 18.7. The van der Waals surface area contributed by atoms with E-state index in [-0.39, 0.29) is 29.6 Å². The van der Waals surface area contributed by atoms with Crippen molar-refractivity contribution in [1.82, 2.24) is 25.3 Å². The maximum Gasteiger partial charge on any atom is 0.254 e. The van der Waals surface area contributed by atoms with E-state index in [4.69, 9.17) is 21.1 Å². The summed E-state index contributed by atoms with van der Waals surface area (Å²) >= 11 is 6.21. The van der Waals surface area contributed by atoms with Gasteiger partial charge in [0.15, 0.2) is 5.78 Å². The number of carbonyl (C=O) groups is 2. The second kappa shape index (κ2) is 9.66. The van der Waals surface area contributed by atoms with Crippen LogP contribution in [0, 0.1) is 0 Å². The van der Waals surface area contributed by atoms with Gasteiger partial charge in [0.25, 0.3) is 5.91 Å². The van der Waals surface area contributed by atoms with Crippen molar-refractivity contribution in [1.29, 1.82) is 0 Å². The summed E-state index contributed by atoms with van der Waals surface area (Å²) in [4.78, 5) is 29.4. The lowest BCUT2D eigenvalue weighted by atomic mass is 10.1. The van der Waals surface area contributed by atoms with Crippen molar-refractivity contribution in [3.8, 4) is 11.5 Å². The number of hydrogen-bond acceptors (Lipinski definition) is 7. The Morgan fingerprint density at radius 1 is 1.03 bits per heavy atom. The smallest absolute Gasteiger partial charge is 0.254 e. The number of nitrogens with one attached hydrogen (secondary N) is 1. The lowest BCUT2D eigenvalue weighted by molar-refractivity contribution is 0.0946. The average molecular weight is 466 g/mol. The van der Waals surface area contributed by atoms with Crippen molar-refractivity contribution in [3.05, 3.63) is 76.7 Å². The van der Waals surface area contributed by atoms with Crippen molar-refractivity contribution in [2.24, 2.45) is 0 Å². The first-order chi connectivity index (χ1) is 16.0. The molecule has 33 heavy (non-hydrogen) atoms. The molecule has 2 heterocycles. The fourth-order valence-electron chi connectivity index (χ4n) is 3.20. The summed E-state index contributed by atoms with van der Waals surface area (Å²) in [6.45, 7) is 0.136. The lowest BCUT2D eigenvalue weighted by Gasteiger charge is -2.08. The van der Waals surface area contributed by atoms with Crippen molar-refractivity contribution in [2.75, 3.05) is 14.2 Å². The van der Waals surface area contributed by atoms with Gasteiger partial charge in [-0.15, -0.1) is 5.10 Å². The Morgan fingerprint density at radius 3 is 2.48 bits per heavy atom. The fraction of sp³-hybridized carbons (Fsp3) is 0.174. The summed E-state index contributed by atoms with van der Waals surface area (Å²) < 4.78 is 11.7. The quantitative estimate of drug-likeness (QED) is 0.314. The SMILES string of the molecule is COc1ccc(C(=O)Cn2cc(CNC(=O)c3cc4cc(OC)ccc4nc3Cl)nn2)cc1. The van der Waals surface area contributed by atoms with Gasteiger partial charge in [0.05, 0.1) is 38.0 Å². The molecule has 4 rings (SSSR count). The number of rotatable bonds is 8. The van der Waals surface area contributed by atoms with Crippen LogP contribution in [0.3, 0.4) is 0 Å². The van der Waals surface area contributed by atoms with E-state index in [0.29, 0.717) is 28.3 Å². The molecule has 0 fully saturated rings. The Labute approximate surface area is 194 Å². The molecule has 0 bridgehead atoms. The molecule has 2 aromatic heterocycles. The van der Waals surface area contributed by atoms with Crippen LogP contribution in [0.4, 0.5) is 0 Å². The number of ether oxygens (including phenoxy) is 2. The number of halogens is 1. The van der Waals surface area contributed by atoms with E-state index in [1.807, 2.05) is 0 Å². The van der Waals surface area contributed by atoms with Crippen molar-refractivity contribution in [3.63, 3.8) is 0 Å². The van der Waals surface area contributed by atoms with E-state index < -0.39 is 5.91 Å². The van der Waals surface area contributed by atoms with Gasteiger partial charge in [0, 0.05) is 10.9 Å². The van der Waals surface area contributed by atoms with Crippen molar-refractivity contribution in [2.45, 2.75) is 13.1 Å². The number of benzene rings is 2. The molecule has 0 atom stereocenters. The third-order valence-electron chi connectivity index (χ3n) is 4.95. The number of fused-ring (bicyclic) bond motifs is 1. The molecule has 168 valence electrons. The standard InChI is InChI=1S/C23H20ClN5O4/c1-32-17-5-3-14(4-6-17)21(30)13-29-12-16(27-28-29)11-25-23(31)19-10-15-9-18(33-2)7-8-20(15)26-22(19)24/h3-10,12H,11,13H2,1-2H3,(H,25,31). The number of nitrogens with zero attached hydrogens (tertiary/aromatic N) is 4. The van der Waals surface area contributed by atoms with Crippen LogP contribution in [-0.4, -0.2) is 45.9 Å². The molecule has 0 unspecified atom stereocenters. The van der Waals surface area contributed by atoms with Crippen LogP contribution in [0.2, 0.25) is 5.15 Å². The molecular weight excluding hydrogens is 446 g/mol. The Bertz CT molecular complexity index is 1320. The molecule has 10 heteroatoms. The van der Waals surface area contributed by atoms with Crippen LogP contribution in [0.25, 0.3) is 10.9 Å². The first-order valence-corrected chi connectivity index (χ1v) is 10.3. The Hall–Kier alpha value is -3.98. The highest BCUT2D eigenvalue weighted by Gasteiger charge is 2.15. The van der Waals surface area contributed by atoms with E-state index >= 15 is 0 Å². The van der Waals surface area contributed by atoms with Crippen LogP contribution in [0.15, 0.2) is 54.7 Å². The largest absolute Gasteiger partial charge is 0.497 e. The van der Waals surface area contributed by atoms with E-state index in [2.05, 4.69) is 20.6 Å². The van der Waals surface area contributed by atoms with Crippen molar-refractivity contribution >= 4 is 34.2 Å². The predicted molar refractivity (Wildman–Crippen MR) is 122 cm³/mol. The maximum absolute atomic E-state index is 12.7. The summed E-state index contributed by atoms with van der Waals surface area (Å²) in [5, 5.41) is 11.5. The van der Waals surface area contributed by atoms with E-state index in [0.717, 1.165) is 5.39 Å². The number of pyridine rings is 1. The van der Waals surface area contributed by atoms with Gasteiger partial charge in [-0.3, -0.25) is 9.59 Å². The van der Waals surface area contributed by atoms with Crippen LogP contribution >= 0.6 is 11.6 Å². The van der Waals surface area contributed by atoms with Gasteiger partial charge in [-0.1, -0.05) is 16.8 Å². The number of ketones is 1. The van der Waals surface area contributed by atoms with Gasteiger partial charge < -0.3 is 14.8 Å².